The van der Waals surface area contributed by atoms with Crippen LogP contribution in [0.3, 0.4) is 0 Å². The second-order valence-electron chi connectivity index (χ2n) is 6.33. The van der Waals surface area contributed by atoms with Gasteiger partial charge in [-0.2, -0.15) is 5.10 Å². The summed E-state index contributed by atoms with van der Waals surface area (Å²) in [4.78, 5) is 24.0. The highest BCUT2D eigenvalue weighted by atomic mass is 16.2. The Kier molecular flexibility index (Phi) is 6.33. The van der Waals surface area contributed by atoms with Crippen LogP contribution in [0.5, 0.6) is 0 Å². The van der Waals surface area contributed by atoms with Gasteiger partial charge in [0.1, 0.15) is 5.82 Å². The number of amides is 2. The van der Waals surface area contributed by atoms with Crippen molar-refractivity contribution < 1.29 is 9.59 Å². The van der Waals surface area contributed by atoms with Gasteiger partial charge in [-0.1, -0.05) is 36.8 Å². The number of carbonyl (C=O) groups excluding carboxylic acids is 2. The van der Waals surface area contributed by atoms with Crippen molar-refractivity contribution in [2.75, 3.05) is 5.32 Å². The molecule has 0 saturated heterocycles. The van der Waals surface area contributed by atoms with Gasteiger partial charge in [0, 0.05) is 13.0 Å². The van der Waals surface area contributed by atoms with Crippen LogP contribution in [0.4, 0.5) is 5.82 Å². The van der Waals surface area contributed by atoms with Crippen molar-refractivity contribution >= 4 is 17.6 Å². The standard InChI is InChI=1S/C19H26N4O2/c1-5-14(3)23-18(10-11-20-23)22-19(25)12-17(21-15(4)24)16-8-6-13(2)7-9-16/h6-11,14,17H,5,12H2,1-4H3,(H,21,24)(H,22,25). The fourth-order valence-electron chi connectivity index (χ4n) is 2.61. The molecule has 0 saturated carbocycles. The molecular weight excluding hydrogens is 316 g/mol. The van der Waals surface area contributed by atoms with Crippen LogP contribution in [0, 0.1) is 6.92 Å². The van der Waals surface area contributed by atoms with Gasteiger partial charge in [0.05, 0.1) is 24.7 Å². The first kappa shape index (κ1) is 18.7. The molecule has 2 N–H and O–H groups in total. The molecular formula is C19H26N4O2. The summed E-state index contributed by atoms with van der Waals surface area (Å²) in [6, 6.07) is 9.44. The predicted molar refractivity (Wildman–Crippen MR) is 98.2 cm³/mol. The van der Waals surface area contributed by atoms with Crippen LogP contribution < -0.4 is 10.6 Å². The topological polar surface area (TPSA) is 76.0 Å². The second kappa shape index (κ2) is 8.46. The quantitative estimate of drug-likeness (QED) is 0.810. The maximum Gasteiger partial charge on any atom is 0.227 e. The van der Waals surface area contributed by atoms with Gasteiger partial charge >= 0.3 is 0 Å². The largest absolute Gasteiger partial charge is 0.349 e. The molecule has 6 heteroatoms. The monoisotopic (exact) mass is 342 g/mol. The Bertz CT molecular complexity index is 721. The summed E-state index contributed by atoms with van der Waals surface area (Å²) in [6.07, 6.45) is 2.75. The highest BCUT2D eigenvalue weighted by molar-refractivity contribution is 5.90. The average Bonchev–Trinajstić information content (AvgIpc) is 3.01. The fraction of sp³-hybridized carbons (Fsp3) is 0.421. The molecule has 2 unspecified atom stereocenters. The maximum absolute atomic E-state index is 12.5. The lowest BCUT2D eigenvalue weighted by Gasteiger charge is -2.19. The van der Waals surface area contributed by atoms with Gasteiger partial charge in [-0.15, -0.1) is 0 Å². The van der Waals surface area contributed by atoms with E-state index in [1.165, 1.54) is 6.92 Å². The summed E-state index contributed by atoms with van der Waals surface area (Å²) in [7, 11) is 0. The van der Waals surface area contributed by atoms with Crippen molar-refractivity contribution in [2.24, 2.45) is 0 Å². The molecule has 0 radical (unpaired) electrons. The van der Waals surface area contributed by atoms with Gasteiger partial charge in [0.2, 0.25) is 11.8 Å². The summed E-state index contributed by atoms with van der Waals surface area (Å²) < 4.78 is 1.80. The molecule has 2 rings (SSSR count). The Morgan fingerprint density at radius 3 is 2.48 bits per heavy atom. The lowest BCUT2D eigenvalue weighted by atomic mass is 10.0. The van der Waals surface area contributed by atoms with Crippen LogP contribution in [0.2, 0.25) is 0 Å². The normalized spacial score (nSPS) is 13.1. The highest BCUT2D eigenvalue weighted by Crippen LogP contribution is 2.20. The first-order chi connectivity index (χ1) is 11.9. The lowest BCUT2D eigenvalue weighted by Crippen LogP contribution is -2.30. The molecule has 1 aromatic heterocycles. The van der Waals surface area contributed by atoms with Gasteiger partial charge in [-0.25, -0.2) is 4.68 Å². The molecule has 2 aromatic rings. The molecule has 1 heterocycles. The zero-order valence-electron chi connectivity index (χ0n) is 15.2. The molecule has 0 aliphatic carbocycles. The third kappa shape index (κ3) is 5.17. The summed E-state index contributed by atoms with van der Waals surface area (Å²) in [5.74, 6) is 0.345. The van der Waals surface area contributed by atoms with Gasteiger partial charge < -0.3 is 10.6 Å². The fourth-order valence-corrected chi connectivity index (χ4v) is 2.61. The minimum Gasteiger partial charge on any atom is -0.349 e. The van der Waals surface area contributed by atoms with Crippen LogP contribution in [0.15, 0.2) is 36.5 Å². The van der Waals surface area contributed by atoms with E-state index in [2.05, 4.69) is 29.6 Å². The van der Waals surface area contributed by atoms with E-state index in [9.17, 15) is 9.59 Å². The van der Waals surface area contributed by atoms with Crippen molar-refractivity contribution in [1.82, 2.24) is 15.1 Å². The van der Waals surface area contributed by atoms with Gasteiger partial charge in [-0.3, -0.25) is 9.59 Å². The Hall–Kier alpha value is -2.63. The second-order valence-corrected chi connectivity index (χ2v) is 6.33. The van der Waals surface area contributed by atoms with Crippen molar-refractivity contribution in [1.29, 1.82) is 0 Å². The molecule has 2 amide bonds. The van der Waals surface area contributed by atoms with E-state index in [1.807, 2.05) is 31.2 Å². The molecule has 0 spiro atoms. The molecule has 0 bridgehead atoms. The predicted octanol–water partition coefficient (Wildman–Crippen LogP) is 3.37. The first-order valence-electron chi connectivity index (χ1n) is 8.57. The number of aryl methyl sites for hydroxylation is 1. The van der Waals surface area contributed by atoms with Crippen molar-refractivity contribution in [3.63, 3.8) is 0 Å². The van der Waals surface area contributed by atoms with E-state index >= 15 is 0 Å². The third-order valence-electron chi connectivity index (χ3n) is 4.19. The number of hydrogen-bond acceptors (Lipinski definition) is 3. The number of carbonyl (C=O) groups is 2. The van der Waals surface area contributed by atoms with E-state index in [0.29, 0.717) is 5.82 Å². The summed E-state index contributed by atoms with van der Waals surface area (Å²) in [5, 5.41) is 10.0. The molecule has 0 fully saturated rings. The summed E-state index contributed by atoms with van der Waals surface area (Å²) in [5.41, 5.74) is 2.04. The minimum atomic E-state index is -0.363. The van der Waals surface area contributed by atoms with Gasteiger partial charge in [0.25, 0.3) is 0 Å². The van der Waals surface area contributed by atoms with Crippen LogP contribution in [-0.2, 0) is 9.59 Å². The molecule has 134 valence electrons. The SMILES string of the molecule is CCC(C)n1nccc1NC(=O)CC(NC(C)=O)c1ccc(C)cc1. The van der Waals surface area contributed by atoms with Crippen LogP contribution in [-0.4, -0.2) is 21.6 Å². The number of anilines is 1. The Morgan fingerprint density at radius 2 is 1.88 bits per heavy atom. The average molecular weight is 342 g/mol. The van der Waals surface area contributed by atoms with Crippen LogP contribution in [0.1, 0.15) is 56.8 Å². The number of rotatable bonds is 7. The van der Waals surface area contributed by atoms with E-state index in [-0.39, 0.29) is 30.3 Å². The van der Waals surface area contributed by atoms with Crippen molar-refractivity contribution in [3.8, 4) is 0 Å². The van der Waals surface area contributed by atoms with Gasteiger partial charge in [-0.05, 0) is 25.8 Å². The Balaban J connectivity index is 2.10. The lowest BCUT2D eigenvalue weighted by molar-refractivity contribution is -0.120. The van der Waals surface area contributed by atoms with Crippen molar-refractivity contribution in [2.45, 2.75) is 52.6 Å². The van der Waals surface area contributed by atoms with E-state index < -0.39 is 0 Å². The number of nitrogens with one attached hydrogen (secondary N) is 2. The van der Waals surface area contributed by atoms with Crippen molar-refractivity contribution in [3.05, 3.63) is 47.7 Å². The Labute approximate surface area is 148 Å². The highest BCUT2D eigenvalue weighted by Gasteiger charge is 2.18. The number of nitrogens with zero attached hydrogens (tertiary/aromatic N) is 2. The number of benzene rings is 1. The van der Waals surface area contributed by atoms with E-state index in [4.69, 9.17) is 0 Å². The van der Waals surface area contributed by atoms with Crippen LogP contribution in [0.25, 0.3) is 0 Å². The van der Waals surface area contributed by atoms with Crippen LogP contribution >= 0.6 is 0 Å². The number of hydrogen-bond donors (Lipinski definition) is 2. The smallest absolute Gasteiger partial charge is 0.227 e. The zero-order valence-corrected chi connectivity index (χ0v) is 15.2. The molecule has 0 aliphatic heterocycles. The van der Waals surface area contributed by atoms with E-state index in [0.717, 1.165) is 17.5 Å². The van der Waals surface area contributed by atoms with E-state index in [1.54, 1.807) is 16.9 Å². The molecule has 25 heavy (non-hydrogen) atoms. The Morgan fingerprint density at radius 1 is 1.20 bits per heavy atom. The summed E-state index contributed by atoms with van der Waals surface area (Å²) >= 11 is 0. The first-order valence-corrected chi connectivity index (χ1v) is 8.57. The molecule has 1 aromatic carbocycles. The molecule has 0 aliphatic rings. The zero-order chi connectivity index (χ0) is 18.4. The third-order valence-corrected chi connectivity index (χ3v) is 4.19. The molecule has 6 nitrogen and oxygen atoms in total. The maximum atomic E-state index is 12.5. The minimum absolute atomic E-state index is 0.161. The number of aromatic nitrogens is 2. The summed E-state index contributed by atoms with van der Waals surface area (Å²) in [6.45, 7) is 7.58. The molecule has 2 atom stereocenters. The van der Waals surface area contributed by atoms with Gasteiger partial charge in [0.15, 0.2) is 0 Å².